The number of nitrogens with zero attached hydrogens (tertiary/aromatic N) is 4. The number of benzene rings is 2. The van der Waals surface area contributed by atoms with E-state index in [1.165, 1.54) is 16.9 Å². The first-order valence-corrected chi connectivity index (χ1v) is 7.63. The monoisotopic (exact) mass is 348 g/mol. The number of para-hydroxylation sites is 1. The lowest BCUT2D eigenvalue weighted by molar-refractivity contribution is -0.137. The molecular formula is C17H15F3N4O. The number of ether oxygens (including phenoxy) is 1. The van der Waals surface area contributed by atoms with Crippen LogP contribution in [-0.2, 0) is 12.7 Å². The van der Waals surface area contributed by atoms with Crippen molar-refractivity contribution in [2.24, 2.45) is 0 Å². The lowest BCUT2D eigenvalue weighted by atomic mass is 10.1. The van der Waals surface area contributed by atoms with Gasteiger partial charge in [0.05, 0.1) is 18.7 Å². The fourth-order valence-corrected chi connectivity index (χ4v) is 2.34. The van der Waals surface area contributed by atoms with Crippen molar-refractivity contribution in [3.05, 3.63) is 59.7 Å². The zero-order chi connectivity index (χ0) is 17.9. The number of alkyl halides is 3. The largest absolute Gasteiger partial charge is 0.494 e. The molecule has 0 N–H and O–H groups in total. The predicted molar refractivity (Wildman–Crippen MR) is 85.0 cm³/mol. The molecule has 0 unspecified atom stereocenters. The van der Waals surface area contributed by atoms with Crippen molar-refractivity contribution in [1.82, 2.24) is 20.2 Å². The van der Waals surface area contributed by atoms with Crippen LogP contribution in [0.4, 0.5) is 13.2 Å². The maximum absolute atomic E-state index is 12.8. The molecule has 0 saturated carbocycles. The first-order chi connectivity index (χ1) is 12.0. The summed E-state index contributed by atoms with van der Waals surface area (Å²) in [6, 6.07) is 12.3. The normalized spacial score (nSPS) is 11.5. The van der Waals surface area contributed by atoms with Gasteiger partial charge in [-0.15, -0.1) is 10.2 Å². The topological polar surface area (TPSA) is 52.8 Å². The Morgan fingerprint density at radius 1 is 1.08 bits per heavy atom. The van der Waals surface area contributed by atoms with Crippen LogP contribution in [0.25, 0.3) is 11.4 Å². The average Bonchev–Trinajstić information content (AvgIpc) is 3.05. The van der Waals surface area contributed by atoms with Gasteiger partial charge in [0.1, 0.15) is 5.75 Å². The van der Waals surface area contributed by atoms with E-state index < -0.39 is 11.7 Å². The lowest BCUT2D eigenvalue weighted by Gasteiger charge is -2.08. The number of halogens is 3. The Morgan fingerprint density at radius 3 is 2.64 bits per heavy atom. The van der Waals surface area contributed by atoms with Gasteiger partial charge in [0, 0.05) is 11.1 Å². The van der Waals surface area contributed by atoms with Crippen molar-refractivity contribution in [1.29, 1.82) is 0 Å². The van der Waals surface area contributed by atoms with E-state index in [9.17, 15) is 13.2 Å². The van der Waals surface area contributed by atoms with E-state index in [4.69, 9.17) is 4.74 Å². The van der Waals surface area contributed by atoms with Gasteiger partial charge in [0.15, 0.2) is 0 Å². The van der Waals surface area contributed by atoms with Crippen molar-refractivity contribution in [2.75, 3.05) is 6.61 Å². The molecule has 1 aromatic heterocycles. The Hall–Kier alpha value is -2.90. The first kappa shape index (κ1) is 16.9. The molecule has 0 atom stereocenters. The van der Waals surface area contributed by atoms with E-state index in [0.29, 0.717) is 18.9 Å². The first-order valence-electron chi connectivity index (χ1n) is 7.63. The highest BCUT2D eigenvalue weighted by Crippen LogP contribution is 2.31. The van der Waals surface area contributed by atoms with Crippen molar-refractivity contribution < 1.29 is 17.9 Å². The van der Waals surface area contributed by atoms with Gasteiger partial charge in [-0.3, -0.25) is 0 Å². The molecular weight excluding hydrogens is 333 g/mol. The average molecular weight is 348 g/mol. The number of tetrazole rings is 1. The van der Waals surface area contributed by atoms with Crippen molar-refractivity contribution in [3.8, 4) is 17.1 Å². The van der Waals surface area contributed by atoms with Crippen LogP contribution in [0.15, 0.2) is 48.5 Å². The minimum Gasteiger partial charge on any atom is -0.494 e. The molecule has 0 fully saturated rings. The summed E-state index contributed by atoms with van der Waals surface area (Å²) in [6.07, 6.45) is -4.41. The minimum atomic E-state index is -4.41. The standard InChI is InChI=1S/C17H15F3N4O/c1-2-25-15-9-4-3-6-13(15)11-24-22-16(21-23-24)12-7-5-8-14(10-12)17(18,19)20/h3-10H,2,11H2,1H3. The summed E-state index contributed by atoms with van der Waals surface area (Å²) in [5, 5.41) is 11.9. The van der Waals surface area contributed by atoms with E-state index in [0.717, 1.165) is 17.7 Å². The second kappa shape index (κ2) is 6.92. The molecule has 25 heavy (non-hydrogen) atoms. The molecule has 0 amide bonds. The van der Waals surface area contributed by atoms with Gasteiger partial charge in [0.25, 0.3) is 0 Å². The van der Waals surface area contributed by atoms with Crippen molar-refractivity contribution >= 4 is 0 Å². The predicted octanol–water partition coefficient (Wildman–Crippen LogP) is 3.81. The third kappa shape index (κ3) is 3.96. The van der Waals surface area contributed by atoms with Crippen LogP contribution in [0, 0.1) is 0 Å². The summed E-state index contributed by atoms with van der Waals surface area (Å²) in [5.74, 6) is 0.850. The maximum Gasteiger partial charge on any atom is 0.416 e. The number of aromatic nitrogens is 4. The molecule has 0 aliphatic heterocycles. The molecule has 3 aromatic rings. The Labute approximate surface area is 142 Å². The minimum absolute atomic E-state index is 0.139. The fourth-order valence-electron chi connectivity index (χ4n) is 2.34. The number of rotatable bonds is 5. The van der Waals surface area contributed by atoms with E-state index in [2.05, 4.69) is 15.4 Å². The molecule has 8 heteroatoms. The van der Waals surface area contributed by atoms with Crippen LogP contribution in [-0.4, -0.2) is 26.8 Å². The molecule has 0 bridgehead atoms. The zero-order valence-corrected chi connectivity index (χ0v) is 13.4. The smallest absolute Gasteiger partial charge is 0.416 e. The van der Waals surface area contributed by atoms with Gasteiger partial charge < -0.3 is 4.74 Å². The van der Waals surface area contributed by atoms with Gasteiger partial charge in [0.2, 0.25) is 5.82 Å². The summed E-state index contributed by atoms with van der Waals surface area (Å²) in [7, 11) is 0. The van der Waals surface area contributed by atoms with Crippen LogP contribution < -0.4 is 4.74 Å². The Bertz CT molecular complexity index is 861. The van der Waals surface area contributed by atoms with Crippen LogP contribution >= 0.6 is 0 Å². The molecule has 5 nitrogen and oxygen atoms in total. The highest BCUT2D eigenvalue weighted by atomic mass is 19.4. The lowest BCUT2D eigenvalue weighted by Crippen LogP contribution is -2.06. The quantitative estimate of drug-likeness (QED) is 0.704. The van der Waals surface area contributed by atoms with Crippen LogP contribution in [0.2, 0.25) is 0 Å². The Balaban J connectivity index is 1.84. The summed E-state index contributed by atoms with van der Waals surface area (Å²) in [6.45, 7) is 2.72. The second-order valence-electron chi connectivity index (χ2n) is 5.26. The Kier molecular flexibility index (Phi) is 4.69. The molecule has 0 radical (unpaired) electrons. The molecule has 1 heterocycles. The third-order valence-electron chi connectivity index (χ3n) is 3.49. The van der Waals surface area contributed by atoms with E-state index in [-0.39, 0.29) is 11.4 Å². The van der Waals surface area contributed by atoms with Gasteiger partial charge in [-0.2, -0.15) is 18.0 Å². The van der Waals surface area contributed by atoms with Gasteiger partial charge in [-0.05, 0) is 30.3 Å². The molecule has 0 aliphatic carbocycles. The molecule has 0 aliphatic rings. The maximum atomic E-state index is 12.8. The van der Waals surface area contributed by atoms with Crippen LogP contribution in [0.5, 0.6) is 5.75 Å². The molecule has 130 valence electrons. The summed E-state index contributed by atoms with van der Waals surface area (Å²) >= 11 is 0. The van der Waals surface area contributed by atoms with Crippen molar-refractivity contribution in [2.45, 2.75) is 19.6 Å². The molecule has 2 aromatic carbocycles. The third-order valence-corrected chi connectivity index (χ3v) is 3.49. The SMILES string of the molecule is CCOc1ccccc1Cn1nnc(-c2cccc(C(F)(F)F)c2)n1. The molecule has 0 saturated heterocycles. The van der Waals surface area contributed by atoms with E-state index in [1.807, 2.05) is 31.2 Å². The van der Waals surface area contributed by atoms with Crippen LogP contribution in [0.3, 0.4) is 0 Å². The van der Waals surface area contributed by atoms with Gasteiger partial charge in [-0.25, -0.2) is 0 Å². The summed E-state index contributed by atoms with van der Waals surface area (Å²) < 4.78 is 44.0. The second-order valence-corrected chi connectivity index (χ2v) is 5.26. The molecule has 0 spiro atoms. The number of hydrogen-bond donors (Lipinski definition) is 0. The fraction of sp³-hybridized carbons (Fsp3) is 0.235. The highest BCUT2D eigenvalue weighted by molar-refractivity contribution is 5.55. The van der Waals surface area contributed by atoms with Gasteiger partial charge in [-0.1, -0.05) is 30.3 Å². The zero-order valence-electron chi connectivity index (χ0n) is 13.4. The summed E-state index contributed by atoms with van der Waals surface area (Å²) in [5.41, 5.74) is 0.375. The van der Waals surface area contributed by atoms with Crippen LogP contribution in [0.1, 0.15) is 18.1 Å². The summed E-state index contributed by atoms with van der Waals surface area (Å²) in [4.78, 5) is 1.33. The van der Waals surface area contributed by atoms with Gasteiger partial charge >= 0.3 is 6.18 Å². The molecule has 3 rings (SSSR count). The van der Waals surface area contributed by atoms with Crippen molar-refractivity contribution in [3.63, 3.8) is 0 Å². The van der Waals surface area contributed by atoms with E-state index in [1.54, 1.807) is 0 Å². The highest BCUT2D eigenvalue weighted by Gasteiger charge is 2.30. The number of hydrogen-bond acceptors (Lipinski definition) is 4. The Morgan fingerprint density at radius 2 is 1.88 bits per heavy atom. The van der Waals surface area contributed by atoms with E-state index >= 15 is 0 Å².